The molecule has 1 aromatic heterocycles. The van der Waals surface area contributed by atoms with Crippen molar-refractivity contribution in [3.05, 3.63) is 63.8 Å². The zero-order valence-electron chi connectivity index (χ0n) is 13.2. The molecule has 0 radical (unpaired) electrons. The number of esters is 1. The summed E-state index contributed by atoms with van der Waals surface area (Å²) in [7, 11) is 1.34. The van der Waals surface area contributed by atoms with Crippen LogP contribution in [0, 0.1) is 0 Å². The van der Waals surface area contributed by atoms with E-state index < -0.39 is 5.97 Å². The summed E-state index contributed by atoms with van der Waals surface area (Å²) >= 11 is 3.45. The summed E-state index contributed by atoms with van der Waals surface area (Å²) in [5.74, 6) is 0.382. The van der Waals surface area contributed by atoms with Crippen LogP contribution in [-0.4, -0.2) is 24.7 Å². The molecular formula is C17H19BrN2O3. The SMILES string of the molecule is C=C/C(Br)=C1/OCC/C1=C(/C)NCc1cccc(C(=O)OC)n1. The minimum absolute atomic E-state index is 0.302. The molecule has 0 spiro atoms. The van der Waals surface area contributed by atoms with E-state index >= 15 is 0 Å². The molecule has 6 heteroatoms. The van der Waals surface area contributed by atoms with E-state index in [1.807, 2.05) is 13.0 Å². The van der Waals surface area contributed by atoms with Crippen molar-refractivity contribution in [2.45, 2.75) is 19.9 Å². The van der Waals surface area contributed by atoms with Crippen LogP contribution in [-0.2, 0) is 16.0 Å². The third-order valence-corrected chi connectivity index (χ3v) is 4.14. The number of hydrogen-bond acceptors (Lipinski definition) is 5. The summed E-state index contributed by atoms with van der Waals surface area (Å²) in [6.07, 6.45) is 2.56. The third kappa shape index (κ3) is 4.22. The second-order valence-electron chi connectivity index (χ2n) is 4.94. The number of allylic oxidation sites excluding steroid dienone is 4. The van der Waals surface area contributed by atoms with Gasteiger partial charge < -0.3 is 14.8 Å². The summed E-state index contributed by atoms with van der Waals surface area (Å²) in [4.78, 5) is 15.8. The van der Waals surface area contributed by atoms with Crippen LogP contribution in [0.3, 0.4) is 0 Å². The van der Waals surface area contributed by atoms with E-state index in [9.17, 15) is 4.79 Å². The molecule has 2 rings (SSSR count). The quantitative estimate of drug-likeness (QED) is 0.795. The average molecular weight is 379 g/mol. The topological polar surface area (TPSA) is 60.5 Å². The van der Waals surface area contributed by atoms with E-state index in [1.165, 1.54) is 7.11 Å². The van der Waals surface area contributed by atoms with Crippen molar-refractivity contribution in [2.24, 2.45) is 0 Å². The highest BCUT2D eigenvalue weighted by atomic mass is 79.9. The fourth-order valence-corrected chi connectivity index (χ4v) is 2.60. The van der Waals surface area contributed by atoms with Crippen LogP contribution in [0.2, 0.25) is 0 Å². The normalized spacial score (nSPS) is 18.0. The number of rotatable bonds is 5. The first-order valence-corrected chi connectivity index (χ1v) is 7.99. The second kappa shape index (κ2) is 7.97. The number of pyridine rings is 1. The Hall–Kier alpha value is -2.08. The molecule has 0 atom stereocenters. The lowest BCUT2D eigenvalue weighted by atomic mass is 10.1. The van der Waals surface area contributed by atoms with Gasteiger partial charge in [0, 0.05) is 17.7 Å². The molecule has 0 amide bonds. The van der Waals surface area contributed by atoms with E-state index in [0.717, 1.165) is 33.6 Å². The maximum atomic E-state index is 11.5. The van der Waals surface area contributed by atoms with E-state index in [-0.39, 0.29) is 0 Å². The molecule has 1 aliphatic rings. The number of nitrogens with one attached hydrogen (secondary N) is 1. The Bertz CT molecular complexity index is 680. The Morgan fingerprint density at radius 1 is 1.57 bits per heavy atom. The van der Waals surface area contributed by atoms with Crippen LogP contribution in [0.25, 0.3) is 0 Å². The predicted molar refractivity (Wildman–Crippen MR) is 91.8 cm³/mol. The Labute approximate surface area is 144 Å². The zero-order valence-corrected chi connectivity index (χ0v) is 14.8. The van der Waals surface area contributed by atoms with Gasteiger partial charge in [0.25, 0.3) is 0 Å². The van der Waals surface area contributed by atoms with Crippen LogP contribution in [0.1, 0.15) is 29.5 Å². The third-order valence-electron chi connectivity index (χ3n) is 3.46. The molecule has 122 valence electrons. The molecular weight excluding hydrogens is 360 g/mol. The van der Waals surface area contributed by atoms with Gasteiger partial charge in [0.1, 0.15) is 11.5 Å². The molecule has 0 aliphatic carbocycles. The van der Waals surface area contributed by atoms with E-state index in [0.29, 0.717) is 18.8 Å². The van der Waals surface area contributed by atoms with Gasteiger partial charge in [-0.1, -0.05) is 18.7 Å². The molecule has 2 heterocycles. The number of hydrogen-bond donors (Lipinski definition) is 1. The molecule has 1 aliphatic heterocycles. The highest BCUT2D eigenvalue weighted by Gasteiger charge is 2.20. The minimum atomic E-state index is -0.439. The number of carbonyl (C=O) groups is 1. The average Bonchev–Trinajstić information content (AvgIpc) is 3.08. The van der Waals surface area contributed by atoms with E-state index in [4.69, 9.17) is 4.74 Å². The minimum Gasteiger partial charge on any atom is -0.492 e. The number of halogens is 1. The molecule has 1 fully saturated rings. The Morgan fingerprint density at radius 3 is 3.04 bits per heavy atom. The van der Waals surface area contributed by atoms with Crippen LogP contribution in [0.4, 0.5) is 0 Å². The molecule has 5 nitrogen and oxygen atoms in total. The predicted octanol–water partition coefficient (Wildman–Crippen LogP) is 3.44. The fourth-order valence-electron chi connectivity index (χ4n) is 2.25. The van der Waals surface area contributed by atoms with Crippen LogP contribution >= 0.6 is 15.9 Å². The molecule has 0 unspecified atom stereocenters. The number of methoxy groups -OCH3 is 1. The van der Waals surface area contributed by atoms with Gasteiger partial charge in [-0.3, -0.25) is 0 Å². The Balaban J connectivity index is 2.13. The number of nitrogens with zero attached hydrogens (tertiary/aromatic N) is 1. The first-order chi connectivity index (χ1) is 11.1. The highest BCUT2D eigenvalue weighted by molar-refractivity contribution is 9.11. The van der Waals surface area contributed by atoms with Crippen LogP contribution in [0.5, 0.6) is 0 Å². The summed E-state index contributed by atoms with van der Waals surface area (Å²) in [5.41, 5.74) is 3.19. The smallest absolute Gasteiger partial charge is 0.356 e. The van der Waals surface area contributed by atoms with Gasteiger partial charge in [0.2, 0.25) is 0 Å². The molecule has 1 saturated heterocycles. The van der Waals surface area contributed by atoms with Gasteiger partial charge in [0.05, 0.1) is 30.4 Å². The monoisotopic (exact) mass is 378 g/mol. The van der Waals surface area contributed by atoms with Gasteiger partial charge in [0.15, 0.2) is 0 Å². The highest BCUT2D eigenvalue weighted by Crippen LogP contribution is 2.31. The Morgan fingerprint density at radius 2 is 2.35 bits per heavy atom. The molecule has 1 aromatic rings. The van der Waals surface area contributed by atoms with Crippen LogP contribution < -0.4 is 5.32 Å². The standard InChI is InChI=1S/C17H19BrN2O3/c1-4-14(18)16-13(8-9-23-16)11(2)19-10-12-6-5-7-15(20-12)17(21)22-3/h4-7,19H,1,8-10H2,2-3H3/b13-11+,16-14-. The number of carbonyl (C=O) groups excluding carboxylic acids is 1. The summed E-state index contributed by atoms with van der Waals surface area (Å²) in [6.45, 7) is 6.91. The lowest BCUT2D eigenvalue weighted by Gasteiger charge is -2.11. The van der Waals surface area contributed by atoms with Gasteiger partial charge in [-0.15, -0.1) is 0 Å². The zero-order chi connectivity index (χ0) is 16.8. The van der Waals surface area contributed by atoms with Crippen molar-refractivity contribution in [1.82, 2.24) is 10.3 Å². The Kier molecular flexibility index (Phi) is 5.98. The largest absolute Gasteiger partial charge is 0.492 e. The molecule has 1 N–H and O–H groups in total. The molecule has 23 heavy (non-hydrogen) atoms. The van der Waals surface area contributed by atoms with Crippen molar-refractivity contribution in [2.75, 3.05) is 13.7 Å². The second-order valence-corrected chi connectivity index (χ2v) is 5.80. The van der Waals surface area contributed by atoms with Gasteiger partial charge in [-0.05, 0) is 35.0 Å². The lowest BCUT2D eigenvalue weighted by molar-refractivity contribution is 0.0593. The molecule has 0 saturated carbocycles. The molecule has 0 aromatic carbocycles. The summed E-state index contributed by atoms with van der Waals surface area (Å²) in [5, 5.41) is 3.33. The summed E-state index contributed by atoms with van der Waals surface area (Å²) in [6, 6.07) is 5.28. The van der Waals surface area contributed by atoms with Gasteiger partial charge in [-0.2, -0.15) is 0 Å². The first-order valence-electron chi connectivity index (χ1n) is 7.20. The van der Waals surface area contributed by atoms with Gasteiger partial charge >= 0.3 is 5.97 Å². The lowest BCUT2D eigenvalue weighted by Crippen LogP contribution is -2.15. The van der Waals surface area contributed by atoms with Crippen molar-refractivity contribution in [1.29, 1.82) is 0 Å². The van der Waals surface area contributed by atoms with Gasteiger partial charge in [-0.25, -0.2) is 9.78 Å². The van der Waals surface area contributed by atoms with Crippen molar-refractivity contribution in [3.8, 4) is 0 Å². The van der Waals surface area contributed by atoms with Crippen molar-refractivity contribution >= 4 is 21.9 Å². The maximum absolute atomic E-state index is 11.5. The van der Waals surface area contributed by atoms with Crippen molar-refractivity contribution in [3.63, 3.8) is 0 Å². The van der Waals surface area contributed by atoms with E-state index in [1.54, 1.807) is 18.2 Å². The van der Waals surface area contributed by atoms with E-state index in [2.05, 4.69) is 37.5 Å². The molecule has 0 bridgehead atoms. The first kappa shape index (κ1) is 17.3. The van der Waals surface area contributed by atoms with Crippen molar-refractivity contribution < 1.29 is 14.3 Å². The fraction of sp³-hybridized carbons (Fsp3) is 0.294. The van der Waals surface area contributed by atoms with Crippen LogP contribution in [0.15, 0.2) is 52.4 Å². The maximum Gasteiger partial charge on any atom is 0.356 e. The number of ether oxygens (including phenoxy) is 2. The summed E-state index contributed by atoms with van der Waals surface area (Å²) < 4.78 is 11.2. The number of aromatic nitrogens is 1.